The van der Waals surface area contributed by atoms with Gasteiger partial charge in [0.25, 0.3) is 12.9 Å². The number of H-pyrrole nitrogens is 1. The Morgan fingerprint density at radius 3 is 1.60 bits per heavy atom. The number of aromatic nitrogens is 2. The van der Waals surface area contributed by atoms with Crippen LogP contribution in [0.1, 0.15) is 17.4 Å². The molecule has 52 heavy (non-hydrogen) atoms. The van der Waals surface area contributed by atoms with Crippen molar-refractivity contribution in [3.8, 4) is 16.9 Å². The number of nitrogens with zero attached hydrogens (tertiary/aromatic N) is 1. The van der Waals surface area contributed by atoms with E-state index in [1.54, 1.807) is 48.5 Å². The molecular weight excluding hydrogens is 732 g/mol. The largest absolute Gasteiger partial charge is 0.494 e. The van der Waals surface area contributed by atoms with Crippen LogP contribution in [0.25, 0.3) is 11.1 Å². The van der Waals surface area contributed by atoms with Crippen molar-refractivity contribution in [3.05, 3.63) is 136 Å². The molecule has 0 aliphatic carbocycles. The van der Waals surface area contributed by atoms with Gasteiger partial charge in [-0.25, -0.2) is 9.59 Å². The Bertz CT molecular complexity index is 2030. The summed E-state index contributed by atoms with van der Waals surface area (Å²) in [5.41, 5.74) is 0.295. The number of aliphatic carboxylic acids is 2. The first kappa shape index (κ1) is 41.1. The van der Waals surface area contributed by atoms with Crippen molar-refractivity contribution in [2.24, 2.45) is 7.05 Å². The summed E-state index contributed by atoms with van der Waals surface area (Å²) in [6, 6.07) is 31.6. The molecule has 4 aromatic carbocycles. The molecule has 0 aliphatic rings. The van der Waals surface area contributed by atoms with Crippen molar-refractivity contribution < 1.29 is 43.9 Å². The molecule has 272 valence electrons. The SMILES string of the molecule is CCOc1ccc(P(=O)(O)c2ccccc2)cc1.Cn1c(=O)cc(C(=O)O)[nH]c1=O.O=C(O)CSc1ccc(-c2ccc(SCC(=O)O)cc2)cc1. The van der Waals surface area contributed by atoms with Crippen LogP contribution in [0.4, 0.5) is 0 Å². The molecule has 0 amide bonds. The van der Waals surface area contributed by atoms with Gasteiger partial charge in [0.1, 0.15) is 11.4 Å². The van der Waals surface area contributed by atoms with Crippen LogP contribution in [0.3, 0.4) is 0 Å². The van der Waals surface area contributed by atoms with Crippen molar-refractivity contribution in [1.82, 2.24) is 9.55 Å². The standard InChI is InChI=1S/C16H14O4S2.C14H15O3P.C6H6N2O4/c17-15(18)9-21-13-5-1-11(2-6-13)12-3-7-14(8-4-12)22-10-16(19)20;1-2-17-12-8-10-14(11-9-12)18(15,16)13-6-4-3-5-7-13;1-8-4(9)2-3(5(10)11)7-6(8)12/h1-8H,9-10H2,(H,17,18)(H,19,20);3-11H,2H2,1H3,(H,15,16);2H,1H3,(H,7,12)(H,10,11). The Hall–Kier alpha value is -5.34. The van der Waals surface area contributed by atoms with Crippen LogP contribution < -0.4 is 26.6 Å². The van der Waals surface area contributed by atoms with E-state index in [1.807, 2.05) is 66.5 Å². The predicted molar refractivity (Wildman–Crippen MR) is 201 cm³/mol. The Labute approximate surface area is 306 Å². The normalized spacial score (nSPS) is 11.4. The van der Waals surface area contributed by atoms with E-state index in [2.05, 4.69) is 0 Å². The van der Waals surface area contributed by atoms with Crippen molar-refractivity contribution in [2.75, 3.05) is 18.1 Å². The quantitative estimate of drug-likeness (QED) is 0.0855. The zero-order chi connectivity index (χ0) is 38.3. The van der Waals surface area contributed by atoms with Crippen LogP contribution in [0.2, 0.25) is 0 Å². The molecule has 0 radical (unpaired) electrons. The molecule has 0 saturated carbocycles. The molecule has 5 N–H and O–H groups in total. The van der Waals surface area contributed by atoms with Crippen LogP contribution in [0.5, 0.6) is 5.75 Å². The van der Waals surface area contributed by atoms with Crippen LogP contribution in [-0.4, -0.2) is 65.8 Å². The number of aromatic carboxylic acids is 1. The average molecular weight is 767 g/mol. The van der Waals surface area contributed by atoms with Crippen LogP contribution in [0, 0.1) is 0 Å². The maximum Gasteiger partial charge on any atom is 0.352 e. The van der Waals surface area contributed by atoms with Gasteiger partial charge in [-0.2, -0.15) is 0 Å². The number of hydrogen-bond acceptors (Lipinski definition) is 9. The smallest absolute Gasteiger partial charge is 0.352 e. The van der Waals surface area contributed by atoms with E-state index < -0.39 is 42.2 Å². The monoisotopic (exact) mass is 766 g/mol. The van der Waals surface area contributed by atoms with Crippen molar-refractivity contribution in [3.63, 3.8) is 0 Å². The van der Waals surface area contributed by atoms with Crippen LogP contribution >= 0.6 is 30.9 Å². The molecule has 0 bridgehead atoms. The predicted octanol–water partition coefficient (Wildman–Crippen LogP) is 4.79. The number of thioether (sulfide) groups is 2. The lowest BCUT2D eigenvalue weighted by Crippen LogP contribution is -2.33. The Morgan fingerprint density at radius 2 is 1.19 bits per heavy atom. The van der Waals surface area contributed by atoms with E-state index in [0.29, 0.717) is 23.0 Å². The number of nitrogens with one attached hydrogen (secondary N) is 1. The molecule has 5 aromatic rings. The van der Waals surface area contributed by atoms with Gasteiger partial charge in [-0.05, 0) is 78.7 Å². The fraction of sp³-hybridized carbons (Fsp3) is 0.139. The van der Waals surface area contributed by atoms with Crippen molar-refractivity contribution in [2.45, 2.75) is 16.7 Å². The number of ether oxygens (including phenoxy) is 1. The number of carbonyl (C=O) groups is 3. The van der Waals surface area contributed by atoms with Gasteiger partial charge in [-0.15, -0.1) is 23.5 Å². The number of rotatable bonds is 12. The Kier molecular flexibility index (Phi) is 15.7. The summed E-state index contributed by atoms with van der Waals surface area (Å²) in [5.74, 6) is -2.19. The van der Waals surface area contributed by atoms with E-state index in [-0.39, 0.29) is 11.5 Å². The minimum Gasteiger partial charge on any atom is -0.494 e. The van der Waals surface area contributed by atoms with Gasteiger partial charge in [0.2, 0.25) is 0 Å². The molecule has 1 unspecified atom stereocenters. The Balaban J connectivity index is 0.000000219. The van der Waals surface area contributed by atoms with Gasteiger partial charge in [0.15, 0.2) is 0 Å². The summed E-state index contributed by atoms with van der Waals surface area (Å²) in [4.78, 5) is 67.1. The van der Waals surface area contributed by atoms with E-state index in [4.69, 9.17) is 20.1 Å². The zero-order valence-electron chi connectivity index (χ0n) is 27.9. The fourth-order valence-corrected chi connectivity index (χ4v) is 6.80. The average Bonchev–Trinajstić information content (AvgIpc) is 3.13. The number of carboxylic acids is 3. The summed E-state index contributed by atoms with van der Waals surface area (Å²) < 4.78 is 18.5. The molecule has 0 saturated heterocycles. The van der Waals surface area contributed by atoms with Gasteiger partial charge < -0.3 is 29.9 Å². The highest BCUT2D eigenvalue weighted by molar-refractivity contribution is 8.00. The molecule has 13 nitrogen and oxygen atoms in total. The highest BCUT2D eigenvalue weighted by Crippen LogP contribution is 2.38. The molecule has 0 aliphatic heterocycles. The zero-order valence-corrected chi connectivity index (χ0v) is 30.4. The van der Waals surface area contributed by atoms with E-state index in [9.17, 15) is 33.4 Å². The third-order valence-corrected chi connectivity index (χ3v) is 10.7. The first-order chi connectivity index (χ1) is 24.7. The first-order valence-electron chi connectivity index (χ1n) is 15.3. The lowest BCUT2D eigenvalue weighted by atomic mass is 10.1. The number of hydrogen-bond donors (Lipinski definition) is 5. The summed E-state index contributed by atoms with van der Waals surface area (Å²) in [6.45, 7) is 2.48. The summed E-state index contributed by atoms with van der Waals surface area (Å²) in [5, 5.41) is 26.6. The van der Waals surface area contributed by atoms with Gasteiger partial charge in [0, 0.05) is 33.5 Å². The van der Waals surface area contributed by atoms with Gasteiger partial charge in [0.05, 0.1) is 18.1 Å². The Morgan fingerprint density at radius 1 is 0.731 bits per heavy atom. The lowest BCUT2D eigenvalue weighted by Gasteiger charge is -2.12. The van der Waals surface area contributed by atoms with Gasteiger partial charge in [-0.3, -0.25) is 23.5 Å². The number of carboxylic acid groups (broad SMARTS) is 3. The molecule has 1 aromatic heterocycles. The van der Waals surface area contributed by atoms with E-state index in [0.717, 1.165) is 31.6 Å². The van der Waals surface area contributed by atoms with Crippen LogP contribution in [-0.2, 0) is 21.2 Å². The number of benzene rings is 4. The van der Waals surface area contributed by atoms with Gasteiger partial charge >= 0.3 is 23.6 Å². The molecule has 5 rings (SSSR count). The second-order valence-corrected chi connectivity index (χ2v) is 14.7. The molecule has 1 atom stereocenters. The third-order valence-electron chi connectivity index (χ3n) is 6.75. The highest BCUT2D eigenvalue weighted by atomic mass is 32.2. The fourth-order valence-electron chi connectivity index (χ4n) is 4.14. The maximum absolute atomic E-state index is 12.4. The van der Waals surface area contributed by atoms with Crippen molar-refractivity contribution in [1.29, 1.82) is 0 Å². The third kappa shape index (κ3) is 12.8. The summed E-state index contributed by atoms with van der Waals surface area (Å²) in [6.07, 6.45) is 0. The van der Waals surface area contributed by atoms with E-state index >= 15 is 0 Å². The number of aromatic amines is 1. The first-order valence-corrected chi connectivity index (χ1v) is 18.9. The second-order valence-electron chi connectivity index (χ2n) is 10.4. The van der Waals surface area contributed by atoms with E-state index in [1.165, 1.54) is 30.6 Å². The summed E-state index contributed by atoms with van der Waals surface area (Å²) >= 11 is 2.57. The second kappa shape index (κ2) is 19.9. The van der Waals surface area contributed by atoms with Crippen molar-refractivity contribution >= 4 is 59.4 Å². The topological polar surface area (TPSA) is 213 Å². The maximum atomic E-state index is 12.4. The molecule has 0 spiro atoms. The molecule has 1 heterocycles. The lowest BCUT2D eigenvalue weighted by molar-refractivity contribution is -0.134. The minimum absolute atomic E-state index is 0.0504. The molecule has 16 heteroatoms. The minimum atomic E-state index is -3.49. The molecular formula is C36H35N2O11PS2. The van der Waals surface area contributed by atoms with Crippen LogP contribution in [0.15, 0.2) is 129 Å². The van der Waals surface area contributed by atoms with Gasteiger partial charge in [-0.1, -0.05) is 42.5 Å². The highest BCUT2D eigenvalue weighted by Gasteiger charge is 2.23. The summed E-state index contributed by atoms with van der Waals surface area (Å²) in [7, 11) is -2.23. The molecule has 0 fully saturated rings.